The van der Waals surface area contributed by atoms with Crippen molar-refractivity contribution in [3.63, 3.8) is 0 Å². The normalized spacial score (nSPS) is 18.1. The molecule has 5 heteroatoms. The quantitative estimate of drug-likeness (QED) is 0.837. The molecule has 1 aliphatic carbocycles. The molecular formula is C15H20FNO3. The maximum atomic E-state index is 13.0. The molecule has 2 N–H and O–H groups in total. The Morgan fingerprint density at radius 2 is 2.30 bits per heavy atom. The Bertz CT molecular complexity index is 468. The molecule has 1 saturated carbocycles. The Hall–Kier alpha value is -1.46. The zero-order chi connectivity index (χ0) is 14.6. The van der Waals surface area contributed by atoms with E-state index >= 15 is 0 Å². The number of hydrogen-bond acceptors (Lipinski definition) is 3. The first kappa shape index (κ1) is 14.9. The number of carbonyl (C=O) groups is 1. The second-order valence-corrected chi connectivity index (χ2v) is 5.29. The van der Waals surface area contributed by atoms with E-state index in [4.69, 9.17) is 4.74 Å². The fraction of sp³-hybridized carbons (Fsp3) is 0.533. The predicted octanol–water partition coefficient (Wildman–Crippen LogP) is 1.93. The number of aliphatic hydroxyl groups excluding tert-OH is 1. The van der Waals surface area contributed by atoms with Crippen LogP contribution in [0.15, 0.2) is 24.3 Å². The molecule has 0 saturated heterocycles. The average Bonchev–Trinajstić information content (AvgIpc) is 2.38. The van der Waals surface area contributed by atoms with Crippen molar-refractivity contribution >= 4 is 5.91 Å². The lowest BCUT2D eigenvalue weighted by molar-refractivity contribution is -0.126. The van der Waals surface area contributed by atoms with E-state index in [2.05, 4.69) is 5.32 Å². The largest absolute Gasteiger partial charge is 0.388 e. The number of aliphatic hydroxyl groups is 1. The van der Waals surface area contributed by atoms with Gasteiger partial charge in [0.15, 0.2) is 0 Å². The first-order chi connectivity index (χ1) is 9.54. The molecule has 0 bridgehead atoms. The Balaban J connectivity index is 1.82. The number of carbonyl (C=O) groups excluding carboxylic acids is 1. The summed E-state index contributed by atoms with van der Waals surface area (Å²) < 4.78 is 18.4. The molecule has 0 unspecified atom stereocenters. The Morgan fingerprint density at radius 1 is 1.55 bits per heavy atom. The smallest absolute Gasteiger partial charge is 0.223 e. The molecule has 1 atom stereocenters. The van der Waals surface area contributed by atoms with Gasteiger partial charge in [0.25, 0.3) is 0 Å². The zero-order valence-corrected chi connectivity index (χ0v) is 11.6. The van der Waals surface area contributed by atoms with Gasteiger partial charge >= 0.3 is 0 Å². The van der Waals surface area contributed by atoms with Gasteiger partial charge in [0.1, 0.15) is 5.82 Å². The summed E-state index contributed by atoms with van der Waals surface area (Å²) in [5.41, 5.74) is 0.171. The van der Waals surface area contributed by atoms with Crippen molar-refractivity contribution in [1.82, 2.24) is 5.32 Å². The summed E-state index contributed by atoms with van der Waals surface area (Å²) in [6.45, 7) is 0.457. The maximum Gasteiger partial charge on any atom is 0.223 e. The Morgan fingerprint density at radius 3 is 2.85 bits per heavy atom. The van der Waals surface area contributed by atoms with Crippen LogP contribution in [0.2, 0.25) is 0 Å². The summed E-state index contributed by atoms with van der Waals surface area (Å²) in [4.78, 5) is 11.8. The van der Waals surface area contributed by atoms with E-state index in [1.54, 1.807) is 13.2 Å². The summed E-state index contributed by atoms with van der Waals surface area (Å²) in [5.74, 6) is -0.681. The second kappa shape index (κ2) is 6.33. The summed E-state index contributed by atoms with van der Waals surface area (Å²) in [6.07, 6.45) is 1.91. The molecule has 110 valence electrons. The van der Waals surface area contributed by atoms with Gasteiger partial charge in [-0.25, -0.2) is 4.39 Å². The molecule has 0 radical (unpaired) electrons. The predicted molar refractivity (Wildman–Crippen MR) is 72.6 cm³/mol. The highest BCUT2D eigenvalue weighted by Gasteiger charge is 2.37. The Labute approximate surface area is 117 Å². The lowest BCUT2D eigenvalue weighted by Gasteiger charge is -2.40. The number of ether oxygens (including phenoxy) is 1. The SMILES string of the molecule is COC1(CNC(=O)C[C@H](O)c2cccc(F)c2)CCC1. The minimum atomic E-state index is -0.995. The second-order valence-electron chi connectivity index (χ2n) is 5.29. The minimum absolute atomic E-state index is 0.0801. The first-order valence-electron chi connectivity index (χ1n) is 6.80. The van der Waals surface area contributed by atoms with Crippen LogP contribution in [0.4, 0.5) is 4.39 Å². The molecule has 1 aliphatic rings. The molecule has 0 aromatic heterocycles. The monoisotopic (exact) mass is 281 g/mol. The van der Waals surface area contributed by atoms with E-state index in [1.807, 2.05) is 0 Å². The molecule has 1 amide bonds. The van der Waals surface area contributed by atoms with Gasteiger partial charge < -0.3 is 15.2 Å². The van der Waals surface area contributed by atoms with Crippen LogP contribution >= 0.6 is 0 Å². The fourth-order valence-corrected chi connectivity index (χ4v) is 2.36. The highest BCUT2D eigenvalue weighted by atomic mass is 19.1. The third-order valence-corrected chi connectivity index (χ3v) is 3.92. The highest BCUT2D eigenvalue weighted by Crippen LogP contribution is 2.34. The number of amides is 1. The van der Waals surface area contributed by atoms with E-state index in [0.29, 0.717) is 12.1 Å². The van der Waals surface area contributed by atoms with Gasteiger partial charge in [0.05, 0.1) is 18.1 Å². The van der Waals surface area contributed by atoms with Crippen LogP contribution in [-0.2, 0) is 9.53 Å². The molecule has 2 rings (SSSR count). The summed E-state index contributed by atoms with van der Waals surface area (Å²) in [6, 6.07) is 5.65. The number of halogens is 1. The van der Waals surface area contributed by atoms with Crippen LogP contribution in [-0.4, -0.2) is 30.3 Å². The van der Waals surface area contributed by atoms with Crippen molar-refractivity contribution in [2.75, 3.05) is 13.7 Å². The van der Waals surface area contributed by atoms with E-state index in [0.717, 1.165) is 19.3 Å². The molecule has 0 heterocycles. The van der Waals surface area contributed by atoms with Gasteiger partial charge in [0.2, 0.25) is 5.91 Å². The number of methoxy groups -OCH3 is 1. The third-order valence-electron chi connectivity index (χ3n) is 3.92. The summed E-state index contributed by atoms with van der Waals surface area (Å²) >= 11 is 0. The first-order valence-corrected chi connectivity index (χ1v) is 6.80. The van der Waals surface area contributed by atoms with E-state index in [9.17, 15) is 14.3 Å². The minimum Gasteiger partial charge on any atom is -0.388 e. The van der Waals surface area contributed by atoms with Crippen LogP contribution in [0.5, 0.6) is 0 Å². The van der Waals surface area contributed by atoms with Crippen LogP contribution in [0.1, 0.15) is 37.4 Å². The number of nitrogens with one attached hydrogen (secondary N) is 1. The van der Waals surface area contributed by atoms with Gasteiger partial charge in [-0.3, -0.25) is 4.79 Å². The average molecular weight is 281 g/mol. The van der Waals surface area contributed by atoms with E-state index in [1.165, 1.54) is 18.2 Å². The van der Waals surface area contributed by atoms with Gasteiger partial charge in [-0.1, -0.05) is 12.1 Å². The van der Waals surface area contributed by atoms with E-state index in [-0.39, 0.29) is 17.9 Å². The van der Waals surface area contributed by atoms with Crippen molar-refractivity contribution in [1.29, 1.82) is 0 Å². The summed E-state index contributed by atoms with van der Waals surface area (Å²) in [7, 11) is 1.65. The Kier molecular flexibility index (Phi) is 4.73. The molecule has 1 fully saturated rings. The molecule has 1 aromatic carbocycles. The van der Waals surface area contributed by atoms with E-state index < -0.39 is 11.9 Å². The van der Waals surface area contributed by atoms with Crippen LogP contribution in [0.3, 0.4) is 0 Å². The number of rotatable bonds is 6. The van der Waals surface area contributed by atoms with Crippen LogP contribution in [0, 0.1) is 5.82 Å². The highest BCUT2D eigenvalue weighted by molar-refractivity contribution is 5.76. The number of hydrogen-bond donors (Lipinski definition) is 2. The third kappa shape index (κ3) is 3.55. The lowest BCUT2D eigenvalue weighted by atomic mass is 9.80. The standard InChI is InChI=1S/C15H20FNO3/c1-20-15(6-3-7-15)10-17-14(19)9-13(18)11-4-2-5-12(16)8-11/h2,4-5,8,13,18H,3,6-7,9-10H2,1H3,(H,17,19)/t13-/m0/s1. The van der Waals surface area contributed by atoms with Crippen LogP contribution < -0.4 is 5.32 Å². The molecule has 1 aromatic rings. The molecule has 4 nitrogen and oxygen atoms in total. The van der Waals surface area contributed by atoms with Gasteiger partial charge in [-0.2, -0.15) is 0 Å². The van der Waals surface area contributed by atoms with Crippen molar-refractivity contribution in [3.05, 3.63) is 35.6 Å². The fourth-order valence-electron chi connectivity index (χ4n) is 2.36. The van der Waals surface area contributed by atoms with Crippen molar-refractivity contribution in [2.45, 2.75) is 37.4 Å². The van der Waals surface area contributed by atoms with Gasteiger partial charge in [0, 0.05) is 13.7 Å². The molecular weight excluding hydrogens is 261 g/mol. The van der Waals surface area contributed by atoms with Crippen molar-refractivity contribution in [2.24, 2.45) is 0 Å². The molecule has 0 aliphatic heterocycles. The van der Waals surface area contributed by atoms with Crippen molar-refractivity contribution in [3.8, 4) is 0 Å². The number of benzene rings is 1. The van der Waals surface area contributed by atoms with Crippen LogP contribution in [0.25, 0.3) is 0 Å². The van der Waals surface area contributed by atoms with Gasteiger partial charge in [-0.15, -0.1) is 0 Å². The van der Waals surface area contributed by atoms with Gasteiger partial charge in [-0.05, 0) is 37.0 Å². The van der Waals surface area contributed by atoms with Crippen molar-refractivity contribution < 1.29 is 19.0 Å². The molecule has 0 spiro atoms. The zero-order valence-electron chi connectivity index (χ0n) is 11.6. The summed E-state index contributed by atoms with van der Waals surface area (Å²) in [5, 5.41) is 12.7. The topological polar surface area (TPSA) is 58.6 Å². The maximum absolute atomic E-state index is 13.0. The lowest BCUT2D eigenvalue weighted by Crippen LogP contribution is -2.49. The molecule has 20 heavy (non-hydrogen) atoms.